The lowest BCUT2D eigenvalue weighted by Crippen LogP contribution is -2.45. The number of hydrogen-bond acceptors (Lipinski definition) is 6. The molecule has 1 aromatic rings. The van der Waals surface area contributed by atoms with E-state index in [1.807, 2.05) is 37.3 Å². The highest BCUT2D eigenvalue weighted by Crippen LogP contribution is 2.44. The zero-order valence-corrected chi connectivity index (χ0v) is 23.3. The molecule has 2 aliphatic rings. The molecule has 0 aromatic heterocycles. The molecule has 0 unspecified atom stereocenters. The van der Waals surface area contributed by atoms with Crippen molar-refractivity contribution < 1.29 is 34.7 Å². The number of carboxylic acids is 1. The van der Waals surface area contributed by atoms with Crippen molar-refractivity contribution in [2.45, 2.75) is 103 Å². The summed E-state index contributed by atoms with van der Waals surface area (Å²) in [7, 11) is 0. The number of rotatable bonds is 14. The number of aliphatic carboxylic acids is 1. The molecule has 38 heavy (non-hydrogen) atoms. The van der Waals surface area contributed by atoms with Crippen LogP contribution in [0.1, 0.15) is 71.3 Å². The summed E-state index contributed by atoms with van der Waals surface area (Å²) >= 11 is 0. The molecule has 7 nitrogen and oxygen atoms in total. The summed E-state index contributed by atoms with van der Waals surface area (Å²) in [5, 5.41) is 40.0. The molecule has 1 aromatic carbocycles. The molecule has 0 amide bonds. The molecule has 212 valence electrons. The number of aryl methyl sites for hydroxylation is 1. The molecule has 3 rings (SSSR count). The number of para-hydroxylation sites is 1. The summed E-state index contributed by atoms with van der Waals surface area (Å²) in [4.78, 5) is 10.9. The van der Waals surface area contributed by atoms with Crippen molar-refractivity contribution in [3.8, 4) is 5.75 Å². The molecule has 4 N–H and O–H groups in total. The van der Waals surface area contributed by atoms with E-state index < -0.39 is 29.9 Å². The van der Waals surface area contributed by atoms with Crippen molar-refractivity contribution in [2.75, 3.05) is 6.61 Å². The quantitative estimate of drug-likeness (QED) is 0.273. The number of carbonyl (C=O) groups is 1. The van der Waals surface area contributed by atoms with Gasteiger partial charge in [-0.25, -0.2) is 0 Å². The fourth-order valence-electron chi connectivity index (χ4n) is 6.04. The van der Waals surface area contributed by atoms with Crippen LogP contribution in [-0.2, 0) is 9.53 Å². The van der Waals surface area contributed by atoms with Crippen LogP contribution in [0.5, 0.6) is 5.75 Å². The first-order valence-electron chi connectivity index (χ1n) is 14.0. The predicted octanol–water partition coefficient (Wildman–Crippen LogP) is 4.81. The van der Waals surface area contributed by atoms with E-state index in [4.69, 9.17) is 14.6 Å². The third-order valence-electron chi connectivity index (χ3n) is 7.99. The van der Waals surface area contributed by atoms with Gasteiger partial charge in [0.15, 0.2) is 0 Å². The normalized spacial score (nSPS) is 28.1. The number of aliphatic hydroxyl groups excluding tert-OH is 3. The maximum Gasteiger partial charge on any atom is 0.305 e. The number of ether oxygens (including phenoxy) is 2. The predicted molar refractivity (Wildman–Crippen MR) is 147 cm³/mol. The van der Waals surface area contributed by atoms with Crippen molar-refractivity contribution in [1.29, 1.82) is 0 Å². The summed E-state index contributed by atoms with van der Waals surface area (Å²) in [6.45, 7) is 8.80. The van der Waals surface area contributed by atoms with Crippen LogP contribution < -0.4 is 4.74 Å². The number of fused-ring (bicyclic) bond motifs is 1. The molecule has 8 atom stereocenters. The van der Waals surface area contributed by atoms with Gasteiger partial charge in [-0.2, -0.15) is 0 Å². The van der Waals surface area contributed by atoms with Crippen molar-refractivity contribution >= 4 is 5.97 Å². The Morgan fingerprint density at radius 3 is 2.63 bits per heavy atom. The third kappa shape index (κ3) is 8.40. The van der Waals surface area contributed by atoms with E-state index in [0.29, 0.717) is 25.9 Å². The molecule has 7 heteroatoms. The number of hydrogen-bond donors (Lipinski definition) is 4. The van der Waals surface area contributed by atoms with Gasteiger partial charge in [-0.1, -0.05) is 56.7 Å². The monoisotopic (exact) mass is 530 g/mol. The van der Waals surface area contributed by atoms with E-state index in [0.717, 1.165) is 29.7 Å². The maximum absolute atomic E-state index is 10.9. The molecular weight excluding hydrogens is 484 g/mol. The SMILES string of the molecule is CCC[C@](C)(CO[C@H]1C[C@H](O)C=C2C=C[C@@H](C)[C@H](CC[C@@H](O)C[C@@H](O)CC(=O)O)[C@H]21)Oc1ccccc1C. The molecule has 0 radical (unpaired) electrons. The van der Waals surface area contributed by atoms with Crippen molar-refractivity contribution in [3.05, 3.63) is 53.6 Å². The number of benzene rings is 1. The number of allylic oxidation sites excluding steroid dienone is 2. The van der Waals surface area contributed by atoms with Crippen LogP contribution in [0.15, 0.2) is 48.1 Å². The van der Waals surface area contributed by atoms with Crippen molar-refractivity contribution in [2.24, 2.45) is 17.8 Å². The number of carboxylic acid groups (broad SMARTS) is 1. The van der Waals surface area contributed by atoms with Gasteiger partial charge in [0.05, 0.1) is 37.4 Å². The Hall–Kier alpha value is -2.19. The molecule has 0 saturated heterocycles. The summed E-state index contributed by atoms with van der Waals surface area (Å²) in [6.07, 6.45) is 6.64. The lowest BCUT2D eigenvalue weighted by molar-refractivity contribution is -0.139. The molecule has 2 aliphatic carbocycles. The molecule has 0 spiro atoms. The Balaban J connectivity index is 1.72. The van der Waals surface area contributed by atoms with Gasteiger partial charge in [0.1, 0.15) is 11.4 Å². The Labute approximate surface area is 227 Å². The largest absolute Gasteiger partial charge is 0.485 e. The Morgan fingerprint density at radius 1 is 1.21 bits per heavy atom. The van der Waals surface area contributed by atoms with Crippen LogP contribution in [-0.4, -0.2) is 63.0 Å². The highest BCUT2D eigenvalue weighted by Gasteiger charge is 2.41. The van der Waals surface area contributed by atoms with Crippen molar-refractivity contribution in [1.82, 2.24) is 0 Å². The van der Waals surface area contributed by atoms with Gasteiger partial charge >= 0.3 is 5.97 Å². The van der Waals surface area contributed by atoms with Gasteiger partial charge < -0.3 is 29.9 Å². The first-order chi connectivity index (χ1) is 18.0. The van der Waals surface area contributed by atoms with Gasteiger partial charge in [-0.3, -0.25) is 4.79 Å². The minimum Gasteiger partial charge on any atom is -0.485 e. The Kier molecular flexibility index (Phi) is 11.0. The lowest BCUT2D eigenvalue weighted by Gasteiger charge is -2.44. The van der Waals surface area contributed by atoms with Crippen LogP contribution in [0.4, 0.5) is 0 Å². The minimum absolute atomic E-state index is 0.0425. The van der Waals surface area contributed by atoms with Crippen LogP contribution in [0, 0.1) is 24.7 Å². The first-order valence-corrected chi connectivity index (χ1v) is 14.0. The summed E-state index contributed by atoms with van der Waals surface area (Å²) in [5.74, 6) is 0.277. The van der Waals surface area contributed by atoms with E-state index in [1.165, 1.54) is 0 Å². The fourth-order valence-corrected chi connectivity index (χ4v) is 6.04. The van der Waals surface area contributed by atoms with Crippen molar-refractivity contribution in [3.63, 3.8) is 0 Å². The standard InChI is InChI=1S/C31H46O7/c1-5-14-31(4,38-27-9-7-6-8-21(27)3)19-37-28-17-24(33)15-22-11-10-20(2)26(30(22)28)13-12-23(32)16-25(34)18-29(35)36/h6-11,15,20,23-26,28,30,32-34H,5,12-14,16-19H2,1-4H3,(H,35,36)/t20-,23-,24-,25-,26+,28+,30+,31-/m1/s1. The first kappa shape index (κ1) is 30.4. The molecule has 0 aliphatic heterocycles. The van der Waals surface area contributed by atoms with Crippen LogP contribution in [0.25, 0.3) is 0 Å². The minimum atomic E-state index is -1.08. The van der Waals surface area contributed by atoms with E-state index in [2.05, 4.69) is 32.9 Å². The maximum atomic E-state index is 10.9. The third-order valence-corrected chi connectivity index (χ3v) is 7.99. The van der Waals surface area contributed by atoms with E-state index in [-0.39, 0.29) is 36.7 Å². The second kappa shape index (κ2) is 13.7. The molecule has 0 bridgehead atoms. The fraction of sp³-hybridized carbons (Fsp3) is 0.645. The van der Waals surface area contributed by atoms with Gasteiger partial charge in [0.25, 0.3) is 0 Å². The average Bonchev–Trinajstić information content (AvgIpc) is 2.83. The van der Waals surface area contributed by atoms with Crippen LogP contribution in [0.3, 0.4) is 0 Å². The summed E-state index contributed by atoms with van der Waals surface area (Å²) in [5.41, 5.74) is 1.62. The topological polar surface area (TPSA) is 116 Å². The van der Waals surface area contributed by atoms with E-state index in [9.17, 15) is 20.1 Å². The Morgan fingerprint density at radius 2 is 1.95 bits per heavy atom. The van der Waals surface area contributed by atoms with Gasteiger partial charge in [-0.15, -0.1) is 0 Å². The van der Waals surface area contributed by atoms with E-state index >= 15 is 0 Å². The Bertz CT molecular complexity index is 973. The second-order valence-electron chi connectivity index (χ2n) is 11.5. The van der Waals surface area contributed by atoms with Crippen LogP contribution >= 0.6 is 0 Å². The van der Waals surface area contributed by atoms with Crippen LogP contribution in [0.2, 0.25) is 0 Å². The highest BCUT2D eigenvalue weighted by molar-refractivity contribution is 5.67. The lowest BCUT2D eigenvalue weighted by atomic mass is 9.66. The van der Waals surface area contributed by atoms with E-state index in [1.54, 1.807) is 0 Å². The molecule has 0 saturated carbocycles. The highest BCUT2D eigenvalue weighted by atomic mass is 16.5. The molecular formula is C31H46O7. The summed E-state index contributed by atoms with van der Waals surface area (Å²) in [6, 6.07) is 7.98. The van der Waals surface area contributed by atoms with Gasteiger partial charge in [0, 0.05) is 12.3 Å². The molecule has 0 heterocycles. The van der Waals surface area contributed by atoms with Gasteiger partial charge in [-0.05, 0) is 68.6 Å². The summed E-state index contributed by atoms with van der Waals surface area (Å²) < 4.78 is 13.1. The zero-order chi connectivity index (χ0) is 27.9. The zero-order valence-electron chi connectivity index (χ0n) is 23.3. The number of aliphatic hydroxyl groups is 3. The van der Waals surface area contributed by atoms with Gasteiger partial charge in [0.2, 0.25) is 0 Å². The smallest absolute Gasteiger partial charge is 0.305 e. The molecule has 0 fully saturated rings. The average molecular weight is 531 g/mol. The second-order valence-corrected chi connectivity index (χ2v) is 11.5.